The van der Waals surface area contributed by atoms with Crippen LogP contribution >= 0.6 is 0 Å². The molecule has 1 aromatic carbocycles. The second kappa shape index (κ2) is 3.70. The molecular weight excluding hydrogens is 180 g/mol. The average molecular weight is 192 g/mol. The van der Waals surface area contributed by atoms with Crippen molar-refractivity contribution in [2.45, 2.75) is 13.3 Å². The molecule has 0 aromatic heterocycles. The number of rotatable bonds is 3. The molecule has 0 N–H and O–H groups in total. The number of carbonyl (C=O) groups excluding carboxylic acids is 1. The van der Waals surface area contributed by atoms with Crippen LogP contribution in [0, 0.1) is 0 Å². The van der Waals surface area contributed by atoms with Gasteiger partial charge in [-0.2, -0.15) is 0 Å². The summed E-state index contributed by atoms with van der Waals surface area (Å²) < 4.78 is 10.7. The molecule has 0 amide bonds. The lowest BCUT2D eigenvalue weighted by Crippen LogP contribution is -1.98. The van der Waals surface area contributed by atoms with Crippen LogP contribution in [0.15, 0.2) is 18.2 Å². The minimum absolute atomic E-state index is 0.0296. The third-order valence-corrected chi connectivity index (χ3v) is 2.09. The summed E-state index contributed by atoms with van der Waals surface area (Å²) in [6, 6.07) is 5.41. The van der Waals surface area contributed by atoms with E-state index in [1.165, 1.54) is 0 Å². The van der Waals surface area contributed by atoms with E-state index in [2.05, 4.69) is 0 Å². The fourth-order valence-corrected chi connectivity index (χ4v) is 1.43. The van der Waals surface area contributed by atoms with Gasteiger partial charge in [-0.15, -0.1) is 0 Å². The van der Waals surface area contributed by atoms with Gasteiger partial charge < -0.3 is 9.47 Å². The van der Waals surface area contributed by atoms with Crippen LogP contribution in [-0.4, -0.2) is 19.0 Å². The van der Waals surface area contributed by atoms with Crippen molar-refractivity contribution < 1.29 is 14.3 Å². The van der Waals surface area contributed by atoms with E-state index in [-0.39, 0.29) is 12.4 Å². The zero-order valence-corrected chi connectivity index (χ0v) is 8.08. The van der Waals surface area contributed by atoms with E-state index in [9.17, 15) is 4.79 Å². The molecule has 1 aliphatic heterocycles. The van der Waals surface area contributed by atoms with Crippen LogP contribution in [0.2, 0.25) is 0 Å². The van der Waals surface area contributed by atoms with E-state index >= 15 is 0 Å². The summed E-state index contributed by atoms with van der Waals surface area (Å²) in [6.07, 6.45) is 0.942. The lowest BCUT2D eigenvalue weighted by Gasteiger charge is -2.07. The quantitative estimate of drug-likeness (QED) is 0.735. The van der Waals surface area contributed by atoms with E-state index in [4.69, 9.17) is 9.47 Å². The molecule has 1 aromatic rings. The minimum Gasteiger partial charge on any atom is -0.490 e. The van der Waals surface area contributed by atoms with Gasteiger partial charge in [0.15, 0.2) is 18.1 Å². The molecule has 1 heterocycles. The van der Waals surface area contributed by atoms with Crippen molar-refractivity contribution in [3.63, 3.8) is 0 Å². The molecule has 0 saturated heterocycles. The fraction of sp³-hybridized carbons (Fsp3) is 0.364. The number of carbonyl (C=O) groups is 1. The third kappa shape index (κ3) is 1.45. The van der Waals surface area contributed by atoms with E-state index in [0.29, 0.717) is 23.7 Å². The van der Waals surface area contributed by atoms with Crippen molar-refractivity contribution in [3.05, 3.63) is 23.8 Å². The standard InChI is InChI=1S/C11H12O3/c1-2-6-13-10-5-3-4-8-9(12)7-14-11(8)10/h3-5H,2,6-7H2,1H3. The maximum absolute atomic E-state index is 11.3. The summed E-state index contributed by atoms with van der Waals surface area (Å²) in [5, 5.41) is 0. The lowest BCUT2D eigenvalue weighted by molar-refractivity contribution is 0.0960. The van der Waals surface area contributed by atoms with Crippen LogP contribution in [0.4, 0.5) is 0 Å². The second-order valence-electron chi connectivity index (χ2n) is 3.19. The molecule has 0 bridgehead atoms. The number of ether oxygens (including phenoxy) is 2. The number of hydrogen-bond donors (Lipinski definition) is 0. The Hall–Kier alpha value is -1.51. The highest BCUT2D eigenvalue weighted by atomic mass is 16.5. The number of hydrogen-bond acceptors (Lipinski definition) is 3. The average Bonchev–Trinajstić information content (AvgIpc) is 2.58. The van der Waals surface area contributed by atoms with Gasteiger partial charge in [-0.05, 0) is 18.6 Å². The van der Waals surface area contributed by atoms with Gasteiger partial charge in [0.1, 0.15) is 0 Å². The molecule has 3 heteroatoms. The van der Waals surface area contributed by atoms with Crippen molar-refractivity contribution in [1.82, 2.24) is 0 Å². The normalized spacial score (nSPS) is 13.6. The molecule has 0 aliphatic carbocycles. The van der Waals surface area contributed by atoms with E-state index in [0.717, 1.165) is 6.42 Å². The highest BCUT2D eigenvalue weighted by molar-refractivity contribution is 6.03. The van der Waals surface area contributed by atoms with E-state index in [1.807, 2.05) is 19.1 Å². The zero-order chi connectivity index (χ0) is 9.97. The van der Waals surface area contributed by atoms with Gasteiger partial charge in [0.25, 0.3) is 0 Å². The molecular formula is C11H12O3. The van der Waals surface area contributed by atoms with Crippen molar-refractivity contribution in [2.24, 2.45) is 0 Å². The monoisotopic (exact) mass is 192 g/mol. The number of ketones is 1. The molecule has 0 atom stereocenters. The first-order valence-corrected chi connectivity index (χ1v) is 4.74. The van der Waals surface area contributed by atoms with E-state index < -0.39 is 0 Å². The Morgan fingerprint density at radius 1 is 1.50 bits per heavy atom. The van der Waals surface area contributed by atoms with Crippen LogP contribution in [-0.2, 0) is 0 Å². The van der Waals surface area contributed by atoms with Crippen LogP contribution in [0.25, 0.3) is 0 Å². The lowest BCUT2D eigenvalue weighted by atomic mass is 10.1. The highest BCUT2D eigenvalue weighted by Gasteiger charge is 2.24. The number of benzene rings is 1. The summed E-state index contributed by atoms with van der Waals surface area (Å²) in [5.41, 5.74) is 0.638. The summed E-state index contributed by atoms with van der Waals surface area (Å²) in [4.78, 5) is 11.3. The van der Waals surface area contributed by atoms with Gasteiger partial charge in [0.2, 0.25) is 5.78 Å². The Morgan fingerprint density at radius 2 is 2.36 bits per heavy atom. The summed E-state index contributed by atoms with van der Waals surface area (Å²) >= 11 is 0. The first-order chi connectivity index (χ1) is 6.83. The molecule has 3 nitrogen and oxygen atoms in total. The largest absolute Gasteiger partial charge is 0.490 e. The predicted octanol–water partition coefficient (Wildman–Crippen LogP) is 2.05. The third-order valence-electron chi connectivity index (χ3n) is 2.09. The molecule has 0 spiro atoms. The predicted molar refractivity (Wildman–Crippen MR) is 52.1 cm³/mol. The first kappa shape index (κ1) is 9.06. The van der Waals surface area contributed by atoms with Crippen LogP contribution < -0.4 is 9.47 Å². The molecule has 0 fully saturated rings. The van der Waals surface area contributed by atoms with Gasteiger partial charge in [-0.3, -0.25) is 4.79 Å². The van der Waals surface area contributed by atoms with Crippen molar-refractivity contribution in [3.8, 4) is 11.5 Å². The number of Topliss-reactive ketones (excluding diaryl/α,β-unsaturated/α-hetero) is 1. The molecule has 0 radical (unpaired) electrons. The first-order valence-electron chi connectivity index (χ1n) is 4.74. The van der Waals surface area contributed by atoms with Gasteiger partial charge in [0.05, 0.1) is 12.2 Å². The SMILES string of the molecule is CCCOc1cccc2c1OCC2=O. The second-order valence-corrected chi connectivity index (χ2v) is 3.19. The fourth-order valence-electron chi connectivity index (χ4n) is 1.43. The maximum atomic E-state index is 11.3. The van der Waals surface area contributed by atoms with Gasteiger partial charge >= 0.3 is 0 Å². The van der Waals surface area contributed by atoms with Crippen molar-refractivity contribution in [2.75, 3.05) is 13.2 Å². The van der Waals surface area contributed by atoms with Crippen LogP contribution in [0.3, 0.4) is 0 Å². The molecule has 14 heavy (non-hydrogen) atoms. The van der Waals surface area contributed by atoms with Crippen molar-refractivity contribution >= 4 is 5.78 Å². The summed E-state index contributed by atoms with van der Waals surface area (Å²) in [7, 11) is 0. The summed E-state index contributed by atoms with van der Waals surface area (Å²) in [5.74, 6) is 1.31. The molecule has 1 aliphatic rings. The van der Waals surface area contributed by atoms with Gasteiger partial charge in [-0.25, -0.2) is 0 Å². The Kier molecular flexibility index (Phi) is 2.39. The summed E-state index contributed by atoms with van der Waals surface area (Å²) in [6.45, 7) is 2.82. The minimum atomic E-state index is 0.0296. The van der Waals surface area contributed by atoms with Gasteiger partial charge in [-0.1, -0.05) is 13.0 Å². The van der Waals surface area contributed by atoms with Gasteiger partial charge in [0, 0.05) is 0 Å². The van der Waals surface area contributed by atoms with Crippen LogP contribution in [0.5, 0.6) is 11.5 Å². The highest BCUT2D eigenvalue weighted by Crippen LogP contribution is 2.35. The Balaban J connectivity index is 2.29. The van der Waals surface area contributed by atoms with Crippen LogP contribution in [0.1, 0.15) is 23.7 Å². The zero-order valence-electron chi connectivity index (χ0n) is 8.08. The Bertz CT molecular complexity index is 358. The smallest absolute Gasteiger partial charge is 0.204 e. The Morgan fingerprint density at radius 3 is 3.14 bits per heavy atom. The van der Waals surface area contributed by atoms with E-state index in [1.54, 1.807) is 6.07 Å². The Labute approximate surface area is 82.6 Å². The topological polar surface area (TPSA) is 35.5 Å². The number of para-hydroxylation sites is 1. The molecule has 74 valence electrons. The van der Waals surface area contributed by atoms with Crippen molar-refractivity contribution in [1.29, 1.82) is 0 Å². The number of fused-ring (bicyclic) bond motifs is 1. The maximum Gasteiger partial charge on any atom is 0.204 e. The molecule has 0 saturated carbocycles. The molecule has 2 rings (SSSR count). The molecule has 0 unspecified atom stereocenters.